The Balaban J connectivity index is 2.07. The molecule has 3 rings (SSSR count). The number of pyridine rings is 1. The molecule has 0 N–H and O–H groups in total. The van der Waals surface area contributed by atoms with Crippen LogP contribution in [0.15, 0.2) is 6.07 Å². The van der Waals surface area contributed by atoms with Crippen LogP contribution in [-0.2, 0) is 0 Å². The number of nitrogens with zero attached hydrogens (tertiary/aromatic N) is 3. The van der Waals surface area contributed by atoms with E-state index < -0.39 is 0 Å². The SMILES string of the molecule is Cc1nc2nc(OC3CCC3)n(SF)c2cc1Cl. The minimum atomic E-state index is 0.0532. The number of hydrogen-bond acceptors (Lipinski definition) is 4. The summed E-state index contributed by atoms with van der Waals surface area (Å²) in [5.74, 6) is 0. The number of halogens is 2. The third-order valence-corrected chi connectivity index (χ3v) is 3.97. The van der Waals surface area contributed by atoms with Gasteiger partial charge < -0.3 is 4.74 Å². The van der Waals surface area contributed by atoms with E-state index in [1.807, 2.05) is 0 Å². The Morgan fingerprint density at radius 1 is 1.50 bits per heavy atom. The molecule has 0 spiro atoms. The van der Waals surface area contributed by atoms with E-state index >= 15 is 0 Å². The average Bonchev–Trinajstić information content (AvgIpc) is 2.61. The Bertz CT molecular complexity index is 599. The Kier molecular flexibility index (Phi) is 3.07. The predicted molar refractivity (Wildman–Crippen MR) is 69.6 cm³/mol. The lowest BCUT2D eigenvalue weighted by atomic mass is 9.96. The zero-order valence-corrected chi connectivity index (χ0v) is 11.3. The van der Waals surface area contributed by atoms with Gasteiger partial charge in [0.05, 0.1) is 10.7 Å². The first-order chi connectivity index (χ1) is 8.69. The molecule has 0 saturated heterocycles. The van der Waals surface area contributed by atoms with Gasteiger partial charge in [0.1, 0.15) is 11.6 Å². The minimum absolute atomic E-state index is 0.0532. The molecule has 2 aromatic rings. The molecule has 7 heteroatoms. The smallest absolute Gasteiger partial charge is 0.311 e. The van der Waals surface area contributed by atoms with Crippen molar-refractivity contribution in [1.82, 2.24) is 13.9 Å². The molecule has 0 aromatic carbocycles. The standard InChI is InChI=1S/C11H11ClFN3OS/c1-6-8(12)5-9-10(14-6)15-11(16(9)18-13)17-7-3-2-4-7/h5,7H,2-4H2,1H3. The van der Waals surface area contributed by atoms with E-state index in [1.54, 1.807) is 13.0 Å². The molecule has 18 heavy (non-hydrogen) atoms. The van der Waals surface area contributed by atoms with Crippen LogP contribution in [0.4, 0.5) is 3.89 Å². The number of aromatic nitrogens is 3. The molecule has 1 saturated carbocycles. The van der Waals surface area contributed by atoms with E-state index in [1.165, 1.54) is 3.97 Å². The van der Waals surface area contributed by atoms with E-state index in [0.717, 1.165) is 19.3 Å². The second kappa shape index (κ2) is 4.59. The molecule has 0 aliphatic heterocycles. The summed E-state index contributed by atoms with van der Waals surface area (Å²) in [6.45, 7) is 1.79. The van der Waals surface area contributed by atoms with Crippen molar-refractivity contribution in [1.29, 1.82) is 0 Å². The lowest BCUT2D eigenvalue weighted by Gasteiger charge is -2.25. The van der Waals surface area contributed by atoms with Gasteiger partial charge >= 0.3 is 6.01 Å². The van der Waals surface area contributed by atoms with Crippen LogP contribution in [-0.4, -0.2) is 20.0 Å². The Morgan fingerprint density at radius 2 is 2.28 bits per heavy atom. The van der Waals surface area contributed by atoms with E-state index in [2.05, 4.69) is 9.97 Å². The predicted octanol–water partition coefficient (Wildman–Crippen LogP) is 3.71. The van der Waals surface area contributed by atoms with E-state index in [9.17, 15) is 3.89 Å². The van der Waals surface area contributed by atoms with Gasteiger partial charge in [-0.25, -0.2) is 8.96 Å². The second-order valence-corrected chi connectivity index (χ2v) is 5.24. The molecule has 0 bridgehead atoms. The van der Waals surface area contributed by atoms with Crippen molar-refractivity contribution in [2.24, 2.45) is 0 Å². The monoisotopic (exact) mass is 287 g/mol. The fourth-order valence-electron chi connectivity index (χ4n) is 1.81. The lowest BCUT2D eigenvalue weighted by molar-refractivity contribution is 0.109. The highest BCUT2D eigenvalue weighted by atomic mass is 35.5. The average molecular weight is 288 g/mol. The van der Waals surface area contributed by atoms with Crippen molar-refractivity contribution < 1.29 is 8.62 Å². The maximum atomic E-state index is 13.0. The lowest BCUT2D eigenvalue weighted by Crippen LogP contribution is -2.25. The maximum absolute atomic E-state index is 13.0. The fourth-order valence-corrected chi connectivity index (χ4v) is 2.31. The molecule has 1 aliphatic carbocycles. The summed E-state index contributed by atoms with van der Waals surface area (Å²) in [7, 11) is 0. The van der Waals surface area contributed by atoms with Gasteiger partial charge in [0.15, 0.2) is 18.0 Å². The summed E-state index contributed by atoms with van der Waals surface area (Å²) in [5.41, 5.74) is 1.66. The minimum Gasteiger partial charge on any atom is -0.461 e. The van der Waals surface area contributed by atoms with Crippen LogP contribution in [0.2, 0.25) is 5.02 Å². The van der Waals surface area contributed by atoms with Gasteiger partial charge in [-0.2, -0.15) is 4.98 Å². The van der Waals surface area contributed by atoms with E-state index in [4.69, 9.17) is 16.3 Å². The number of ether oxygens (including phenoxy) is 1. The van der Waals surface area contributed by atoms with Crippen molar-refractivity contribution >= 4 is 35.1 Å². The molecule has 2 aromatic heterocycles. The molecule has 0 radical (unpaired) electrons. The Labute approximate surface area is 113 Å². The summed E-state index contributed by atoms with van der Waals surface area (Å²) < 4.78 is 20.0. The van der Waals surface area contributed by atoms with Gasteiger partial charge in [-0.05, 0) is 32.3 Å². The normalized spacial score (nSPS) is 15.9. The van der Waals surface area contributed by atoms with Gasteiger partial charge in [0.25, 0.3) is 0 Å². The van der Waals surface area contributed by atoms with Gasteiger partial charge in [0, 0.05) is 0 Å². The number of imidazole rings is 1. The molecule has 0 atom stereocenters. The van der Waals surface area contributed by atoms with Crippen molar-refractivity contribution in [3.8, 4) is 6.01 Å². The zero-order chi connectivity index (χ0) is 12.7. The summed E-state index contributed by atoms with van der Waals surface area (Å²) in [5, 5.41) is 0.493. The molecular weight excluding hydrogens is 277 g/mol. The van der Waals surface area contributed by atoms with Crippen LogP contribution >= 0.6 is 23.9 Å². The summed E-state index contributed by atoms with van der Waals surface area (Å²) in [6.07, 6.45) is 3.28. The van der Waals surface area contributed by atoms with Crippen LogP contribution < -0.4 is 4.74 Å². The van der Waals surface area contributed by atoms with E-state index in [-0.39, 0.29) is 24.4 Å². The Hall–Kier alpha value is -1.01. The second-order valence-electron chi connectivity index (χ2n) is 4.33. The molecule has 1 fully saturated rings. The molecule has 4 nitrogen and oxygen atoms in total. The number of fused-ring (bicyclic) bond motifs is 1. The fraction of sp³-hybridized carbons (Fsp3) is 0.455. The molecular formula is C11H11ClFN3OS. The highest BCUT2D eigenvalue weighted by molar-refractivity contribution is 7.93. The van der Waals surface area contributed by atoms with Crippen molar-refractivity contribution in [3.63, 3.8) is 0 Å². The molecule has 0 unspecified atom stereocenters. The van der Waals surface area contributed by atoms with E-state index in [0.29, 0.717) is 21.9 Å². The quantitative estimate of drug-likeness (QED) is 0.863. The van der Waals surface area contributed by atoms with Crippen LogP contribution in [0, 0.1) is 6.92 Å². The van der Waals surface area contributed by atoms with Gasteiger partial charge in [0.2, 0.25) is 0 Å². The zero-order valence-electron chi connectivity index (χ0n) is 9.69. The van der Waals surface area contributed by atoms with Crippen molar-refractivity contribution in [2.45, 2.75) is 32.3 Å². The number of hydrogen-bond donors (Lipinski definition) is 0. The number of rotatable bonds is 3. The van der Waals surface area contributed by atoms with Crippen molar-refractivity contribution in [2.75, 3.05) is 0 Å². The first-order valence-corrected chi connectivity index (χ1v) is 6.75. The molecule has 96 valence electrons. The third-order valence-electron chi connectivity index (χ3n) is 3.10. The highest BCUT2D eigenvalue weighted by Crippen LogP contribution is 2.32. The first-order valence-electron chi connectivity index (χ1n) is 5.70. The first kappa shape index (κ1) is 12.0. The summed E-state index contributed by atoms with van der Waals surface area (Å²) in [4.78, 5) is 8.45. The maximum Gasteiger partial charge on any atom is 0.311 e. The molecule has 2 heterocycles. The number of aryl methyl sites for hydroxylation is 1. The van der Waals surface area contributed by atoms with Crippen molar-refractivity contribution in [3.05, 3.63) is 16.8 Å². The summed E-state index contributed by atoms with van der Waals surface area (Å²) in [6, 6.07) is 1.92. The Morgan fingerprint density at radius 3 is 2.89 bits per heavy atom. The largest absolute Gasteiger partial charge is 0.461 e. The topological polar surface area (TPSA) is 39.9 Å². The van der Waals surface area contributed by atoms with Gasteiger partial charge in [-0.15, -0.1) is 3.89 Å². The van der Waals surface area contributed by atoms with Crippen LogP contribution in [0.1, 0.15) is 25.0 Å². The molecule has 1 aliphatic rings. The summed E-state index contributed by atoms with van der Waals surface area (Å²) >= 11 is 6.05. The highest BCUT2D eigenvalue weighted by Gasteiger charge is 2.23. The molecule has 0 amide bonds. The van der Waals surface area contributed by atoms with Crippen LogP contribution in [0.25, 0.3) is 11.2 Å². The van der Waals surface area contributed by atoms with Gasteiger partial charge in [-0.1, -0.05) is 11.6 Å². The van der Waals surface area contributed by atoms with Gasteiger partial charge in [-0.3, -0.25) is 0 Å². The van der Waals surface area contributed by atoms with Crippen LogP contribution in [0.5, 0.6) is 6.01 Å². The third kappa shape index (κ3) is 1.93. The van der Waals surface area contributed by atoms with Crippen LogP contribution in [0.3, 0.4) is 0 Å².